The van der Waals surface area contributed by atoms with Gasteiger partial charge < -0.3 is 10.5 Å². The van der Waals surface area contributed by atoms with Crippen LogP contribution < -0.4 is 5.73 Å². The van der Waals surface area contributed by atoms with Gasteiger partial charge in [-0.15, -0.1) is 0 Å². The zero-order chi connectivity index (χ0) is 10.1. The summed E-state index contributed by atoms with van der Waals surface area (Å²) in [6, 6.07) is 0. The maximum Gasteiger partial charge on any atom is 0.340 e. The molecular formula is C9H16N2O2. The molecule has 0 spiro atoms. The first-order valence-corrected chi connectivity index (χ1v) is 4.55. The molecule has 4 nitrogen and oxygen atoms in total. The Morgan fingerprint density at radius 1 is 1.69 bits per heavy atom. The van der Waals surface area contributed by atoms with Crippen molar-refractivity contribution in [3.8, 4) is 0 Å². The zero-order valence-corrected chi connectivity index (χ0v) is 8.33. The van der Waals surface area contributed by atoms with Crippen LogP contribution in [-0.4, -0.2) is 24.0 Å². The summed E-state index contributed by atoms with van der Waals surface area (Å²) in [6.45, 7) is 6.05. The van der Waals surface area contributed by atoms with Gasteiger partial charge in [-0.3, -0.25) is 0 Å². The second-order valence-electron chi connectivity index (χ2n) is 3.60. The normalized spacial score (nSPS) is 29.8. The van der Waals surface area contributed by atoms with Crippen molar-refractivity contribution >= 4 is 11.9 Å². The summed E-state index contributed by atoms with van der Waals surface area (Å²) in [6.07, 6.45) is 0.659. The number of aliphatic imine (C=N–C) groups is 1. The lowest BCUT2D eigenvalue weighted by molar-refractivity contribution is -0.138. The Kier molecular flexibility index (Phi) is 2.71. The van der Waals surface area contributed by atoms with Crippen LogP contribution in [0.5, 0.6) is 0 Å². The molecule has 13 heavy (non-hydrogen) atoms. The smallest absolute Gasteiger partial charge is 0.340 e. The summed E-state index contributed by atoms with van der Waals surface area (Å²) in [7, 11) is 0. The van der Waals surface area contributed by atoms with E-state index in [1.165, 1.54) is 0 Å². The fourth-order valence-corrected chi connectivity index (χ4v) is 1.05. The number of nitrogens with two attached hydrogens (primary N) is 1. The monoisotopic (exact) mass is 184 g/mol. The van der Waals surface area contributed by atoms with E-state index in [9.17, 15) is 4.79 Å². The van der Waals surface area contributed by atoms with Crippen molar-refractivity contribution in [2.24, 2.45) is 16.6 Å². The fourth-order valence-electron chi connectivity index (χ4n) is 1.05. The first kappa shape index (κ1) is 10.2. The molecule has 0 fully saturated rings. The number of cyclic esters (lactones) is 1. The van der Waals surface area contributed by atoms with Crippen LogP contribution in [0.1, 0.15) is 27.2 Å². The van der Waals surface area contributed by atoms with Crippen LogP contribution in [0.25, 0.3) is 0 Å². The van der Waals surface area contributed by atoms with E-state index in [0.29, 0.717) is 18.9 Å². The minimum atomic E-state index is -0.682. The molecule has 0 bridgehead atoms. The van der Waals surface area contributed by atoms with Crippen LogP contribution in [0, 0.1) is 5.92 Å². The van der Waals surface area contributed by atoms with Crippen molar-refractivity contribution in [1.29, 1.82) is 0 Å². The molecule has 0 aliphatic carbocycles. The molecule has 0 aromatic carbocycles. The quantitative estimate of drug-likeness (QED) is 0.657. The average Bonchev–Trinajstić information content (AvgIpc) is 2.43. The molecule has 1 heterocycles. The third-order valence-electron chi connectivity index (χ3n) is 2.46. The Balaban J connectivity index is 2.83. The molecule has 0 radical (unpaired) electrons. The van der Waals surface area contributed by atoms with Crippen molar-refractivity contribution in [2.75, 3.05) is 6.54 Å². The van der Waals surface area contributed by atoms with Gasteiger partial charge in [0.15, 0.2) is 11.4 Å². The summed E-state index contributed by atoms with van der Waals surface area (Å²) < 4.78 is 5.05. The highest BCUT2D eigenvalue weighted by Crippen LogP contribution is 2.25. The van der Waals surface area contributed by atoms with E-state index < -0.39 is 5.54 Å². The van der Waals surface area contributed by atoms with Crippen LogP contribution >= 0.6 is 0 Å². The first-order chi connectivity index (χ1) is 6.03. The highest BCUT2D eigenvalue weighted by Gasteiger charge is 2.40. The predicted molar refractivity (Wildman–Crippen MR) is 50.4 cm³/mol. The third-order valence-corrected chi connectivity index (χ3v) is 2.46. The Labute approximate surface area is 78.2 Å². The van der Waals surface area contributed by atoms with Crippen molar-refractivity contribution in [1.82, 2.24) is 0 Å². The van der Waals surface area contributed by atoms with Gasteiger partial charge >= 0.3 is 5.97 Å². The number of rotatable bonds is 3. The zero-order valence-electron chi connectivity index (χ0n) is 8.33. The first-order valence-electron chi connectivity index (χ1n) is 4.55. The van der Waals surface area contributed by atoms with E-state index in [1.807, 2.05) is 13.8 Å². The number of carbonyl (C=O) groups excluding carboxylic acids is 1. The summed E-state index contributed by atoms with van der Waals surface area (Å²) in [5.41, 5.74) is 4.77. The van der Waals surface area contributed by atoms with Crippen LogP contribution in [0.3, 0.4) is 0 Å². The van der Waals surface area contributed by atoms with E-state index in [-0.39, 0.29) is 11.9 Å². The van der Waals surface area contributed by atoms with Crippen molar-refractivity contribution in [3.63, 3.8) is 0 Å². The number of hydrogen-bond donors (Lipinski definition) is 1. The minimum Gasteiger partial charge on any atom is -0.410 e. The van der Waals surface area contributed by atoms with E-state index in [4.69, 9.17) is 10.5 Å². The van der Waals surface area contributed by atoms with E-state index in [1.54, 1.807) is 6.92 Å². The molecule has 0 aromatic heterocycles. The second kappa shape index (κ2) is 3.46. The largest absolute Gasteiger partial charge is 0.410 e. The Bertz CT molecular complexity index is 250. The fraction of sp³-hybridized carbons (Fsp3) is 0.778. The Hall–Kier alpha value is -0.900. The maximum atomic E-state index is 11.4. The molecule has 4 heteroatoms. The summed E-state index contributed by atoms with van der Waals surface area (Å²) in [5.74, 6) is 0.250. The van der Waals surface area contributed by atoms with Crippen LogP contribution in [0.15, 0.2) is 4.99 Å². The molecule has 0 amide bonds. The van der Waals surface area contributed by atoms with Gasteiger partial charge in [0, 0.05) is 12.5 Å². The van der Waals surface area contributed by atoms with Crippen LogP contribution in [-0.2, 0) is 9.53 Å². The summed E-state index contributed by atoms with van der Waals surface area (Å²) >= 11 is 0. The number of ether oxygens (including phenoxy) is 1. The second-order valence-corrected chi connectivity index (χ2v) is 3.60. The van der Waals surface area contributed by atoms with Crippen molar-refractivity contribution < 1.29 is 9.53 Å². The molecule has 2 unspecified atom stereocenters. The summed E-state index contributed by atoms with van der Waals surface area (Å²) in [5, 5.41) is 0. The molecular weight excluding hydrogens is 168 g/mol. The molecule has 1 rings (SSSR count). The highest BCUT2D eigenvalue weighted by atomic mass is 16.6. The maximum absolute atomic E-state index is 11.4. The minimum absolute atomic E-state index is 0.0253. The van der Waals surface area contributed by atoms with Gasteiger partial charge in [0.1, 0.15) is 0 Å². The average molecular weight is 184 g/mol. The van der Waals surface area contributed by atoms with Crippen LogP contribution in [0.4, 0.5) is 0 Å². The molecule has 1 aliphatic rings. The topological polar surface area (TPSA) is 64.7 Å². The highest BCUT2D eigenvalue weighted by molar-refractivity contribution is 6.00. The van der Waals surface area contributed by atoms with Crippen LogP contribution in [0.2, 0.25) is 0 Å². The SMILES string of the molecule is CCC1(C)N=C(C(C)CN)OC1=O. The third kappa shape index (κ3) is 1.72. The van der Waals surface area contributed by atoms with Gasteiger partial charge in [-0.1, -0.05) is 13.8 Å². The molecule has 1 aliphatic heterocycles. The Morgan fingerprint density at radius 2 is 2.31 bits per heavy atom. The number of esters is 1. The van der Waals surface area contributed by atoms with Gasteiger partial charge in [-0.05, 0) is 13.3 Å². The van der Waals surface area contributed by atoms with Crippen molar-refractivity contribution in [2.45, 2.75) is 32.7 Å². The van der Waals surface area contributed by atoms with Gasteiger partial charge in [-0.25, -0.2) is 9.79 Å². The lowest BCUT2D eigenvalue weighted by Crippen LogP contribution is -2.28. The number of hydrogen-bond acceptors (Lipinski definition) is 4. The lowest BCUT2D eigenvalue weighted by atomic mass is 10.0. The summed E-state index contributed by atoms with van der Waals surface area (Å²) in [4.78, 5) is 15.6. The molecule has 0 aromatic rings. The van der Waals surface area contributed by atoms with Crippen molar-refractivity contribution in [3.05, 3.63) is 0 Å². The van der Waals surface area contributed by atoms with Gasteiger partial charge in [0.2, 0.25) is 0 Å². The van der Waals surface area contributed by atoms with Gasteiger partial charge in [-0.2, -0.15) is 0 Å². The molecule has 0 saturated heterocycles. The Morgan fingerprint density at radius 3 is 2.69 bits per heavy atom. The standard InChI is InChI=1S/C9H16N2O2/c1-4-9(3)8(12)13-7(11-9)6(2)5-10/h6H,4-5,10H2,1-3H3. The molecule has 0 saturated carbocycles. The van der Waals surface area contributed by atoms with Gasteiger partial charge in [0.05, 0.1) is 0 Å². The molecule has 2 atom stereocenters. The van der Waals surface area contributed by atoms with E-state index in [2.05, 4.69) is 4.99 Å². The van der Waals surface area contributed by atoms with Gasteiger partial charge in [0.25, 0.3) is 0 Å². The van der Waals surface area contributed by atoms with E-state index >= 15 is 0 Å². The predicted octanol–water partition coefficient (Wildman–Crippen LogP) is 0.705. The number of nitrogens with zero attached hydrogens (tertiary/aromatic N) is 1. The molecule has 74 valence electrons. The lowest BCUT2D eigenvalue weighted by Gasteiger charge is -2.11. The number of carbonyl (C=O) groups is 1. The molecule has 2 N–H and O–H groups in total. The van der Waals surface area contributed by atoms with E-state index in [0.717, 1.165) is 0 Å².